The van der Waals surface area contributed by atoms with E-state index in [4.69, 9.17) is 5.73 Å². The second-order valence-electron chi connectivity index (χ2n) is 3.52. The third-order valence-corrected chi connectivity index (χ3v) is 3.68. The Morgan fingerprint density at radius 1 is 1.44 bits per heavy atom. The number of aromatic nitrogens is 1. The first-order chi connectivity index (χ1) is 7.58. The predicted octanol–water partition coefficient (Wildman–Crippen LogP) is 1.13. The molecule has 0 fully saturated rings. The normalized spacial score (nSPS) is 11.6. The van der Waals surface area contributed by atoms with Crippen molar-refractivity contribution >= 4 is 15.7 Å². The van der Waals surface area contributed by atoms with Crippen LogP contribution in [0.1, 0.15) is 26.2 Å². The van der Waals surface area contributed by atoms with E-state index in [0.717, 1.165) is 19.3 Å². The Kier molecular flexibility index (Phi) is 4.70. The summed E-state index contributed by atoms with van der Waals surface area (Å²) in [4.78, 5) is 3.80. The van der Waals surface area contributed by atoms with Gasteiger partial charge in [-0.15, -0.1) is 0 Å². The van der Waals surface area contributed by atoms with Crippen LogP contribution < -0.4 is 10.5 Å². The van der Waals surface area contributed by atoms with Crippen molar-refractivity contribution in [1.82, 2.24) is 9.71 Å². The highest BCUT2D eigenvalue weighted by Gasteiger charge is 2.16. The van der Waals surface area contributed by atoms with Crippen LogP contribution >= 0.6 is 0 Å². The van der Waals surface area contributed by atoms with Gasteiger partial charge in [-0.05, 0) is 12.5 Å². The number of nitrogen functional groups attached to an aromatic ring is 1. The number of nitrogens with zero attached hydrogens (tertiary/aromatic N) is 1. The molecule has 16 heavy (non-hydrogen) atoms. The number of rotatable bonds is 6. The summed E-state index contributed by atoms with van der Waals surface area (Å²) in [6, 6.07) is 1.47. The monoisotopic (exact) mass is 243 g/mol. The average molecular weight is 243 g/mol. The van der Waals surface area contributed by atoms with Gasteiger partial charge in [0, 0.05) is 18.9 Å². The molecule has 5 nitrogen and oxygen atoms in total. The fourth-order valence-electron chi connectivity index (χ4n) is 1.27. The molecule has 0 amide bonds. The summed E-state index contributed by atoms with van der Waals surface area (Å²) in [6.45, 7) is 2.50. The van der Waals surface area contributed by atoms with Crippen LogP contribution in [0.25, 0.3) is 0 Å². The van der Waals surface area contributed by atoms with E-state index < -0.39 is 10.0 Å². The van der Waals surface area contributed by atoms with Crippen molar-refractivity contribution in [1.29, 1.82) is 0 Å². The number of pyridine rings is 1. The first-order valence-corrected chi connectivity index (χ1v) is 6.75. The number of sulfonamides is 1. The molecule has 1 aromatic heterocycles. The Morgan fingerprint density at radius 2 is 2.19 bits per heavy atom. The van der Waals surface area contributed by atoms with E-state index >= 15 is 0 Å². The lowest BCUT2D eigenvalue weighted by molar-refractivity contribution is 0.576. The van der Waals surface area contributed by atoms with Crippen molar-refractivity contribution < 1.29 is 8.42 Å². The zero-order chi connectivity index (χ0) is 12.0. The molecule has 1 rings (SSSR count). The van der Waals surface area contributed by atoms with Gasteiger partial charge in [0.05, 0.1) is 5.69 Å². The molecule has 90 valence electrons. The molecule has 0 saturated carbocycles. The number of nitrogens with one attached hydrogen (secondary N) is 1. The van der Waals surface area contributed by atoms with Gasteiger partial charge in [0.15, 0.2) is 0 Å². The summed E-state index contributed by atoms with van der Waals surface area (Å²) in [5.74, 6) is 0. The van der Waals surface area contributed by atoms with Crippen LogP contribution in [0, 0.1) is 0 Å². The van der Waals surface area contributed by atoms with E-state index in [-0.39, 0.29) is 10.6 Å². The Labute approximate surface area is 96.1 Å². The van der Waals surface area contributed by atoms with Crippen molar-refractivity contribution in [2.45, 2.75) is 31.1 Å². The number of anilines is 1. The van der Waals surface area contributed by atoms with Crippen LogP contribution in [0.15, 0.2) is 23.4 Å². The van der Waals surface area contributed by atoms with Gasteiger partial charge < -0.3 is 5.73 Å². The second kappa shape index (κ2) is 5.81. The molecule has 0 aliphatic rings. The smallest absolute Gasteiger partial charge is 0.244 e. The van der Waals surface area contributed by atoms with Gasteiger partial charge in [-0.3, -0.25) is 4.98 Å². The first kappa shape index (κ1) is 12.9. The Bertz CT molecular complexity index is 431. The molecule has 1 heterocycles. The maximum atomic E-state index is 11.8. The molecule has 1 aromatic rings. The van der Waals surface area contributed by atoms with Gasteiger partial charge in [0.25, 0.3) is 0 Å². The summed E-state index contributed by atoms with van der Waals surface area (Å²) in [5, 5.41) is 0. The molecule has 0 unspecified atom stereocenters. The second-order valence-corrected chi connectivity index (χ2v) is 5.25. The van der Waals surface area contributed by atoms with Gasteiger partial charge in [0.2, 0.25) is 10.0 Å². The average Bonchev–Trinajstić information content (AvgIpc) is 2.25. The Balaban J connectivity index is 2.68. The first-order valence-electron chi connectivity index (χ1n) is 5.27. The van der Waals surface area contributed by atoms with Gasteiger partial charge in [-0.2, -0.15) is 0 Å². The van der Waals surface area contributed by atoms with E-state index in [1.807, 2.05) is 0 Å². The van der Waals surface area contributed by atoms with Gasteiger partial charge in [-0.1, -0.05) is 19.8 Å². The molecule has 0 aliphatic heterocycles. The number of nitrogens with two attached hydrogens (primary N) is 1. The summed E-state index contributed by atoms with van der Waals surface area (Å²) >= 11 is 0. The molecule has 6 heteroatoms. The van der Waals surface area contributed by atoms with E-state index in [0.29, 0.717) is 6.54 Å². The summed E-state index contributed by atoms with van der Waals surface area (Å²) in [6.07, 6.45) is 5.61. The van der Waals surface area contributed by atoms with Crippen molar-refractivity contribution in [3.05, 3.63) is 18.5 Å². The van der Waals surface area contributed by atoms with Crippen LogP contribution in [0.5, 0.6) is 0 Å². The van der Waals surface area contributed by atoms with Gasteiger partial charge >= 0.3 is 0 Å². The molecule has 0 saturated heterocycles. The molecule has 0 aromatic carbocycles. The van der Waals surface area contributed by atoms with Crippen molar-refractivity contribution in [3.8, 4) is 0 Å². The minimum Gasteiger partial charge on any atom is -0.398 e. The van der Waals surface area contributed by atoms with Crippen LogP contribution in [0.2, 0.25) is 0 Å². The lowest BCUT2D eigenvalue weighted by Crippen LogP contribution is -2.25. The minimum absolute atomic E-state index is 0.0477. The molecular formula is C10H17N3O2S. The molecule has 0 atom stereocenters. The van der Waals surface area contributed by atoms with E-state index in [1.54, 1.807) is 0 Å². The molecule has 0 spiro atoms. The van der Waals surface area contributed by atoms with Crippen LogP contribution in [0.4, 0.5) is 5.69 Å². The van der Waals surface area contributed by atoms with E-state index in [1.165, 1.54) is 18.5 Å². The van der Waals surface area contributed by atoms with Crippen LogP contribution in [0.3, 0.4) is 0 Å². The lowest BCUT2D eigenvalue weighted by atomic mass is 10.3. The topological polar surface area (TPSA) is 85.1 Å². The van der Waals surface area contributed by atoms with Crippen LogP contribution in [-0.4, -0.2) is 19.9 Å². The fourth-order valence-corrected chi connectivity index (χ4v) is 2.42. The summed E-state index contributed by atoms with van der Waals surface area (Å²) < 4.78 is 26.1. The molecular weight excluding hydrogens is 226 g/mol. The SMILES string of the molecule is CCCCCNS(=O)(=O)c1cnccc1N. The molecule has 0 radical (unpaired) electrons. The minimum atomic E-state index is -3.51. The highest BCUT2D eigenvalue weighted by molar-refractivity contribution is 7.89. The maximum absolute atomic E-state index is 11.8. The number of hydrogen-bond acceptors (Lipinski definition) is 4. The summed E-state index contributed by atoms with van der Waals surface area (Å²) in [7, 11) is -3.51. The highest BCUT2D eigenvalue weighted by atomic mass is 32.2. The standard InChI is InChI=1S/C10H17N3O2S/c1-2-3-4-6-13-16(14,15)10-8-12-7-5-9(10)11/h5,7-8,13H,2-4,6H2,1H3,(H2,11,12). The predicted molar refractivity (Wildman–Crippen MR) is 63.4 cm³/mol. The molecule has 3 N–H and O–H groups in total. The third-order valence-electron chi connectivity index (χ3n) is 2.18. The number of unbranched alkanes of at least 4 members (excludes halogenated alkanes) is 2. The fraction of sp³-hybridized carbons (Fsp3) is 0.500. The molecule has 0 bridgehead atoms. The quantitative estimate of drug-likeness (QED) is 0.733. The van der Waals surface area contributed by atoms with Crippen molar-refractivity contribution in [2.24, 2.45) is 0 Å². The number of hydrogen-bond donors (Lipinski definition) is 2. The van der Waals surface area contributed by atoms with Gasteiger partial charge in [-0.25, -0.2) is 13.1 Å². The largest absolute Gasteiger partial charge is 0.398 e. The third kappa shape index (κ3) is 3.46. The zero-order valence-electron chi connectivity index (χ0n) is 9.31. The van der Waals surface area contributed by atoms with Crippen molar-refractivity contribution in [3.63, 3.8) is 0 Å². The van der Waals surface area contributed by atoms with E-state index in [9.17, 15) is 8.42 Å². The lowest BCUT2D eigenvalue weighted by Gasteiger charge is -2.07. The van der Waals surface area contributed by atoms with E-state index in [2.05, 4.69) is 16.6 Å². The summed E-state index contributed by atoms with van der Waals surface area (Å²) in [5.41, 5.74) is 5.80. The zero-order valence-corrected chi connectivity index (χ0v) is 10.1. The van der Waals surface area contributed by atoms with Crippen molar-refractivity contribution in [2.75, 3.05) is 12.3 Å². The highest BCUT2D eigenvalue weighted by Crippen LogP contribution is 2.15. The van der Waals surface area contributed by atoms with Gasteiger partial charge in [0.1, 0.15) is 4.90 Å². The molecule has 0 aliphatic carbocycles. The maximum Gasteiger partial charge on any atom is 0.244 e. The Hall–Kier alpha value is -1.14. The Morgan fingerprint density at radius 3 is 2.81 bits per heavy atom. The van der Waals surface area contributed by atoms with Crippen LogP contribution in [-0.2, 0) is 10.0 Å².